The molecule has 26 atom stereocenters. The van der Waals surface area contributed by atoms with E-state index in [-0.39, 0.29) is 29.6 Å². The van der Waals surface area contributed by atoms with Crippen molar-refractivity contribution >= 4 is 0 Å². The number of aliphatic hydroxyl groups excluding tert-OH is 8. The third kappa shape index (κ3) is 7.27. The molecule has 9 aliphatic rings. The molecule has 5 heterocycles. The Morgan fingerprint density at radius 3 is 2.03 bits per heavy atom. The zero-order valence-electron chi connectivity index (χ0n) is 35.8. The van der Waals surface area contributed by atoms with Gasteiger partial charge in [0.2, 0.25) is 0 Å². The molecule has 0 aromatic rings. The van der Waals surface area contributed by atoms with Crippen LogP contribution in [0.1, 0.15) is 98.8 Å². The summed E-state index contributed by atoms with van der Waals surface area (Å²) in [5.74, 6) is 3.52. The first-order valence-electron chi connectivity index (χ1n) is 23.1. The van der Waals surface area contributed by atoms with Crippen LogP contribution in [0.5, 0.6) is 0 Å². The summed E-state index contributed by atoms with van der Waals surface area (Å²) in [5.41, 5.74) is 0.433. The van der Waals surface area contributed by atoms with E-state index in [0.29, 0.717) is 41.4 Å². The summed E-state index contributed by atoms with van der Waals surface area (Å²) in [6.07, 6.45) is -9.19. The van der Waals surface area contributed by atoms with E-state index >= 15 is 0 Å². The van der Waals surface area contributed by atoms with Gasteiger partial charge in [-0.1, -0.05) is 27.7 Å². The lowest BCUT2D eigenvalue weighted by molar-refractivity contribution is -0.374. The average Bonchev–Trinajstić information content (AvgIpc) is 3.67. The van der Waals surface area contributed by atoms with Gasteiger partial charge in [-0.25, -0.2) is 0 Å². The zero-order chi connectivity index (χ0) is 42.6. The van der Waals surface area contributed by atoms with Gasteiger partial charge in [-0.15, -0.1) is 0 Å². The molecule has 9 rings (SSSR count). The first-order valence-corrected chi connectivity index (χ1v) is 23.1. The molecule has 9 fully saturated rings. The lowest BCUT2D eigenvalue weighted by Crippen LogP contribution is -2.65. The van der Waals surface area contributed by atoms with E-state index in [9.17, 15) is 40.9 Å². The van der Waals surface area contributed by atoms with Crippen molar-refractivity contribution < 1.29 is 78.7 Å². The summed E-state index contributed by atoms with van der Waals surface area (Å²) < 4.78 is 48.8. The van der Waals surface area contributed by atoms with Gasteiger partial charge in [0.1, 0.15) is 61.0 Å². The Morgan fingerprint density at radius 2 is 1.32 bits per heavy atom. The topological polar surface area (TPSA) is 236 Å². The fraction of sp³-hybridized carbons (Fsp3) is 1.00. The molecule has 0 radical (unpaired) electrons. The van der Waals surface area contributed by atoms with Crippen molar-refractivity contribution in [2.45, 2.75) is 203 Å². The van der Waals surface area contributed by atoms with Crippen molar-refractivity contribution in [1.29, 1.82) is 0 Å². The quantitative estimate of drug-likeness (QED) is 0.166. The molecule has 344 valence electrons. The fourth-order valence-electron chi connectivity index (χ4n) is 14.4. The Bertz CT molecular complexity index is 1500. The molecule has 16 heteroatoms. The van der Waals surface area contributed by atoms with Crippen LogP contribution in [0.2, 0.25) is 0 Å². The number of hydrogen-bond acceptors (Lipinski definition) is 16. The van der Waals surface area contributed by atoms with Crippen molar-refractivity contribution in [2.24, 2.45) is 52.3 Å². The summed E-state index contributed by atoms with van der Waals surface area (Å²) in [6.45, 7) is 11.1. The summed E-state index contributed by atoms with van der Waals surface area (Å²) in [7, 11) is 0. The Labute approximate surface area is 353 Å². The minimum absolute atomic E-state index is 0.176. The van der Waals surface area contributed by atoms with Gasteiger partial charge in [-0.3, -0.25) is 0 Å². The van der Waals surface area contributed by atoms with E-state index in [1.54, 1.807) is 0 Å². The van der Waals surface area contributed by atoms with Crippen molar-refractivity contribution in [3.05, 3.63) is 0 Å². The predicted molar refractivity (Wildman–Crippen MR) is 208 cm³/mol. The van der Waals surface area contributed by atoms with Crippen LogP contribution in [0, 0.1) is 52.3 Å². The molecule has 0 bridgehead atoms. The highest BCUT2D eigenvalue weighted by molar-refractivity contribution is 5.15. The van der Waals surface area contributed by atoms with Gasteiger partial charge in [-0.05, 0) is 111 Å². The summed E-state index contributed by atoms with van der Waals surface area (Å²) in [6, 6.07) is 0. The number of ether oxygens (including phenoxy) is 8. The molecule has 5 aliphatic heterocycles. The van der Waals surface area contributed by atoms with E-state index in [1.807, 2.05) is 0 Å². The molecule has 0 amide bonds. The minimum atomic E-state index is -1.73. The molecule has 1 spiro atoms. The van der Waals surface area contributed by atoms with Crippen LogP contribution in [-0.4, -0.2) is 165 Å². The van der Waals surface area contributed by atoms with E-state index in [1.165, 1.54) is 32.6 Å². The van der Waals surface area contributed by atoms with Crippen molar-refractivity contribution in [3.8, 4) is 0 Å². The van der Waals surface area contributed by atoms with Gasteiger partial charge < -0.3 is 78.7 Å². The predicted octanol–water partition coefficient (Wildman–Crippen LogP) is 0.933. The Kier molecular flexibility index (Phi) is 12.4. The molecule has 5 saturated heterocycles. The lowest BCUT2D eigenvalue weighted by Gasteiger charge is -2.61. The van der Waals surface area contributed by atoms with Crippen LogP contribution >= 0.6 is 0 Å². The van der Waals surface area contributed by atoms with Crippen LogP contribution in [-0.2, 0) is 37.9 Å². The number of rotatable bonds is 7. The molecule has 4 saturated carbocycles. The van der Waals surface area contributed by atoms with Crippen molar-refractivity contribution in [3.63, 3.8) is 0 Å². The Hall–Kier alpha value is -0.640. The maximum absolute atomic E-state index is 11.4. The van der Waals surface area contributed by atoms with Gasteiger partial charge in [0.25, 0.3) is 0 Å². The highest BCUT2D eigenvalue weighted by Crippen LogP contribution is 2.71. The maximum Gasteiger partial charge on any atom is 0.187 e. The standard InChI is InChI=1S/C44H72O16/c1-19-8-13-44(54-17-19)20(2)30-28(60-44)15-26-24-7-6-22-14-23(9-11-42(22,4)25(24)10-12-43(26,30)5)56-41-36(52)33(49)38(29(16-45)57-41)59-40-35(51)32(48)37(21(3)55-40)58-39-34(50)31(47)27(46)18-53-39/h19-41,45-52H,6-18H2,1-5H3. The highest BCUT2D eigenvalue weighted by Gasteiger charge is 2.69. The molecule has 8 N–H and O–H groups in total. The van der Waals surface area contributed by atoms with Gasteiger partial charge >= 0.3 is 0 Å². The maximum atomic E-state index is 11.4. The van der Waals surface area contributed by atoms with Gasteiger partial charge in [0.15, 0.2) is 24.7 Å². The van der Waals surface area contributed by atoms with Gasteiger partial charge in [0, 0.05) is 12.3 Å². The molecule has 0 aromatic carbocycles. The van der Waals surface area contributed by atoms with Gasteiger partial charge in [0.05, 0.1) is 38.1 Å². The Morgan fingerprint density at radius 1 is 0.633 bits per heavy atom. The third-order valence-corrected chi connectivity index (χ3v) is 17.8. The zero-order valence-corrected chi connectivity index (χ0v) is 35.8. The molecule has 26 unspecified atom stereocenters. The average molecular weight is 857 g/mol. The monoisotopic (exact) mass is 856 g/mol. The van der Waals surface area contributed by atoms with Gasteiger partial charge in [-0.2, -0.15) is 0 Å². The SMILES string of the molecule is CC1CCC2(OC1)OC1CC3C4CCC5CC(OC6OC(CO)C(OC7OC(C)C(OC8OCC(O)C(O)C8O)C(O)C7O)C(O)C6O)CCC5(C)C4CCC3(C)C1C2C. The molecule has 4 aliphatic carbocycles. The van der Waals surface area contributed by atoms with E-state index in [4.69, 9.17) is 37.9 Å². The fourth-order valence-corrected chi connectivity index (χ4v) is 14.4. The summed E-state index contributed by atoms with van der Waals surface area (Å²) in [5, 5.41) is 85.2. The van der Waals surface area contributed by atoms with Crippen LogP contribution in [0.3, 0.4) is 0 Å². The van der Waals surface area contributed by atoms with Crippen molar-refractivity contribution in [2.75, 3.05) is 19.8 Å². The first-order chi connectivity index (χ1) is 28.5. The van der Waals surface area contributed by atoms with E-state index in [2.05, 4.69) is 27.7 Å². The van der Waals surface area contributed by atoms with Crippen LogP contribution in [0.25, 0.3) is 0 Å². The second kappa shape index (κ2) is 16.7. The third-order valence-electron chi connectivity index (χ3n) is 17.8. The normalized spacial score (nSPS) is 59.2. The molecule has 16 nitrogen and oxygen atoms in total. The first kappa shape index (κ1) is 44.6. The van der Waals surface area contributed by atoms with Crippen molar-refractivity contribution in [1.82, 2.24) is 0 Å². The number of aliphatic hydroxyl groups is 8. The molecule has 0 aromatic heterocycles. The Balaban J connectivity index is 0.795. The highest BCUT2D eigenvalue weighted by atomic mass is 16.8. The largest absolute Gasteiger partial charge is 0.394 e. The minimum Gasteiger partial charge on any atom is -0.394 e. The number of fused-ring (bicyclic) bond motifs is 7. The van der Waals surface area contributed by atoms with E-state index in [0.717, 1.165) is 45.1 Å². The molecule has 60 heavy (non-hydrogen) atoms. The van der Waals surface area contributed by atoms with Crippen LogP contribution in [0.4, 0.5) is 0 Å². The van der Waals surface area contributed by atoms with Crippen LogP contribution in [0.15, 0.2) is 0 Å². The lowest BCUT2D eigenvalue weighted by atomic mass is 9.44. The molecular weight excluding hydrogens is 784 g/mol. The smallest absolute Gasteiger partial charge is 0.187 e. The second-order valence-electron chi connectivity index (χ2n) is 21.1. The van der Waals surface area contributed by atoms with E-state index < -0.39 is 98.4 Å². The number of hydrogen-bond donors (Lipinski definition) is 8. The summed E-state index contributed by atoms with van der Waals surface area (Å²) >= 11 is 0. The van der Waals surface area contributed by atoms with Crippen LogP contribution < -0.4 is 0 Å². The summed E-state index contributed by atoms with van der Waals surface area (Å²) in [4.78, 5) is 0. The second-order valence-corrected chi connectivity index (χ2v) is 21.1. The molecular formula is C44H72O16.